The average molecular weight is 387 g/mol. The van der Waals surface area contributed by atoms with Gasteiger partial charge in [-0.2, -0.15) is 0 Å². The van der Waals surface area contributed by atoms with Gasteiger partial charge >= 0.3 is 0 Å². The highest BCUT2D eigenvalue weighted by Gasteiger charge is 2.16. The molecule has 0 atom stereocenters. The second kappa shape index (κ2) is 8.39. The van der Waals surface area contributed by atoms with Gasteiger partial charge in [0.05, 0.1) is 17.2 Å². The summed E-state index contributed by atoms with van der Waals surface area (Å²) in [6.45, 7) is 3.87. The lowest BCUT2D eigenvalue weighted by atomic mass is 10.1. The topological polar surface area (TPSA) is 98.3 Å². The van der Waals surface area contributed by atoms with Gasteiger partial charge in [-0.15, -0.1) is 0 Å². The number of hydrogen-bond acceptors (Lipinski definition) is 4. The van der Waals surface area contributed by atoms with E-state index in [0.717, 1.165) is 11.1 Å². The summed E-state index contributed by atoms with van der Waals surface area (Å²) in [6, 6.07) is 18.0. The van der Waals surface area contributed by atoms with E-state index < -0.39 is 11.9 Å². The third kappa shape index (κ3) is 4.68. The van der Waals surface area contributed by atoms with Crippen LogP contribution in [-0.2, 0) is 0 Å². The number of carboxylic acids is 1. The first-order valence-corrected chi connectivity index (χ1v) is 8.95. The van der Waals surface area contributed by atoms with Crippen LogP contribution in [0.1, 0.15) is 42.2 Å². The summed E-state index contributed by atoms with van der Waals surface area (Å²) in [4.78, 5) is 36.7. The number of carboxylic acid groups (broad SMARTS) is 1. The van der Waals surface area contributed by atoms with Gasteiger partial charge in [0.2, 0.25) is 0 Å². The minimum absolute atomic E-state index is 0.0444. The van der Waals surface area contributed by atoms with Crippen LogP contribution in [0, 0.1) is 13.8 Å². The second-order valence-corrected chi connectivity index (χ2v) is 6.66. The van der Waals surface area contributed by atoms with Crippen molar-refractivity contribution in [3.05, 3.63) is 94.5 Å². The number of carbonyl (C=O) groups is 3. The number of amides is 2. The second-order valence-electron chi connectivity index (χ2n) is 6.66. The van der Waals surface area contributed by atoms with Crippen molar-refractivity contribution in [2.24, 2.45) is 0 Å². The molecule has 0 unspecified atom stereocenters. The third-order valence-corrected chi connectivity index (χ3v) is 4.29. The van der Waals surface area contributed by atoms with Gasteiger partial charge in [-0.1, -0.05) is 36.4 Å². The van der Waals surface area contributed by atoms with Crippen molar-refractivity contribution >= 4 is 29.2 Å². The summed E-state index contributed by atoms with van der Waals surface area (Å²) >= 11 is 0. The molecule has 3 aromatic rings. The predicted octanol–water partition coefficient (Wildman–Crippen LogP) is 3.17. The van der Waals surface area contributed by atoms with Gasteiger partial charge < -0.3 is 20.5 Å². The molecule has 0 aliphatic carbocycles. The fraction of sp³-hybridized carbons (Fsp3) is 0.0870. The fourth-order valence-corrected chi connectivity index (χ4v) is 3.08. The van der Waals surface area contributed by atoms with Crippen molar-refractivity contribution in [3.8, 4) is 0 Å². The average Bonchev–Trinajstić information content (AvgIpc) is 2.67. The molecule has 0 bridgehead atoms. The van der Waals surface area contributed by atoms with Gasteiger partial charge in [0.15, 0.2) is 0 Å². The first-order valence-electron chi connectivity index (χ1n) is 8.95. The molecule has 146 valence electrons. The van der Waals surface area contributed by atoms with E-state index in [1.807, 2.05) is 32.0 Å². The first-order chi connectivity index (χ1) is 13.8. The Morgan fingerprint density at radius 1 is 0.690 bits per heavy atom. The van der Waals surface area contributed by atoms with E-state index in [0.29, 0.717) is 5.69 Å². The number of aromatic carboxylic acids is 1. The quantitative estimate of drug-likeness (QED) is 0.702. The van der Waals surface area contributed by atoms with Crippen LogP contribution in [0.2, 0.25) is 0 Å². The standard InChI is InChI=1S/C23H20N2O4/c1-14-11-15(2)13-16(12-14)24-22(27)19-9-5-6-10-20(19)25-21(26)17-7-3-4-8-18(17)23(28)29/h3-13H,1-2H3,(H,24,27)(H,25,26)(H,28,29)/p-1. The Labute approximate surface area is 168 Å². The number of benzene rings is 3. The van der Waals surface area contributed by atoms with Crippen molar-refractivity contribution in [2.75, 3.05) is 10.6 Å². The lowest BCUT2D eigenvalue weighted by Gasteiger charge is -2.14. The van der Waals surface area contributed by atoms with Gasteiger partial charge in [-0.3, -0.25) is 9.59 Å². The van der Waals surface area contributed by atoms with E-state index in [4.69, 9.17) is 0 Å². The molecule has 3 rings (SSSR count). The maximum atomic E-state index is 12.8. The van der Waals surface area contributed by atoms with E-state index in [1.165, 1.54) is 18.2 Å². The number of anilines is 2. The van der Waals surface area contributed by atoms with Crippen LogP contribution >= 0.6 is 0 Å². The van der Waals surface area contributed by atoms with Crippen LogP contribution in [-0.4, -0.2) is 17.8 Å². The van der Waals surface area contributed by atoms with E-state index in [2.05, 4.69) is 10.6 Å². The van der Waals surface area contributed by atoms with E-state index >= 15 is 0 Å². The number of para-hydroxylation sites is 1. The zero-order valence-corrected chi connectivity index (χ0v) is 16.0. The predicted molar refractivity (Wildman–Crippen MR) is 109 cm³/mol. The highest BCUT2D eigenvalue weighted by molar-refractivity contribution is 6.14. The molecule has 0 saturated carbocycles. The SMILES string of the molecule is Cc1cc(C)cc(NC(=O)c2ccccc2NC(=O)c2ccccc2C(=O)[O-])c1. The summed E-state index contributed by atoms with van der Waals surface area (Å²) in [5, 5.41) is 16.7. The van der Waals surface area contributed by atoms with Crippen LogP contribution < -0.4 is 15.7 Å². The lowest BCUT2D eigenvalue weighted by molar-refractivity contribution is -0.255. The third-order valence-electron chi connectivity index (χ3n) is 4.29. The molecule has 0 heterocycles. The maximum absolute atomic E-state index is 12.8. The smallest absolute Gasteiger partial charge is 0.257 e. The summed E-state index contributed by atoms with van der Waals surface area (Å²) < 4.78 is 0. The van der Waals surface area contributed by atoms with Crippen molar-refractivity contribution in [1.82, 2.24) is 0 Å². The number of carbonyl (C=O) groups excluding carboxylic acids is 3. The van der Waals surface area contributed by atoms with Crippen molar-refractivity contribution in [3.63, 3.8) is 0 Å². The van der Waals surface area contributed by atoms with Crippen LogP contribution in [0.15, 0.2) is 66.7 Å². The van der Waals surface area contributed by atoms with Crippen LogP contribution in [0.3, 0.4) is 0 Å². The molecule has 0 radical (unpaired) electrons. The molecule has 0 spiro atoms. The maximum Gasteiger partial charge on any atom is 0.257 e. The Morgan fingerprint density at radius 3 is 1.83 bits per heavy atom. The highest BCUT2D eigenvalue weighted by Crippen LogP contribution is 2.20. The molecular weight excluding hydrogens is 368 g/mol. The Morgan fingerprint density at radius 2 is 1.21 bits per heavy atom. The highest BCUT2D eigenvalue weighted by atomic mass is 16.4. The van der Waals surface area contributed by atoms with Gasteiger partial charge in [0, 0.05) is 16.8 Å². The Hall–Kier alpha value is -3.93. The molecule has 0 aromatic heterocycles. The molecular formula is C23H19N2O4-. The number of hydrogen-bond donors (Lipinski definition) is 2. The summed E-state index contributed by atoms with van der Waals surface area (Å²) in [6.07, 6.45) is 0. The van der Waals surface area contributed by atoms with Crippen LogP contribution in [0.25, 0.3) is 0 Å². The van der Waals surface area contributed by atoms with Crippen molar-refractivity contribution in [2.45, 2.75) is 13.8 Å². The number of nitrogens with one attached hydrogen (secondary N) is 2. The molecule has 29 heavy (non-hydrogen) atoms. The minimum Gasteiger partial charge on any atom is -0.545 e. The molecule has 2 amide bonds. The zero-order valence-electron chi connectivity index (χ0n) is 16.0. The van der Waals surface area contributed by atoms with Gasteiger partial charge in [0.25, 0.3) is 11.8 Å². The molecule has 0 aliphatic heterocycles. The summed E-state index contributed by atoms with van der Waals surface area (Å²) in [5.41, 5.74) is 2.94. The summed E-state index contributed by atoms with van der Waals surface area (Å²) in [5.74, 6) is -2.48. The van der Waals surface area contributed by atoms with Gasteiger partial charge in [0.1, 0.15) is 0 Å². The van der Waals surface area contributed by atoms with Gasteiger partial charge in [-0.05, 0) is 55.3 Å². The molecule has 6 nitrogen and oxygen atoms in total. The fourth-order valence-electron chi connectivity index (χ4n) is 3.08. The zero-order chi connectivity index (χ0) is 21.0. The molecule has 6 heteroatoms. The normalized spacial score (nSPS) is 10.3. The number of aryl methyl sites for hydroxylation is 2. The molecule has 0 saturated heterocycles. The lowest BCUT2D eigenvalue weighted by Crippen LogP contribution is -2.27. The van der Waals surface area contributed by atoms with Crippen LogP contribution in [0.5, 0.6) is 0 Å². The Kier molecular flexibility index (Phi) is 5.74. The van der Waals surface area contributed by atoms with Crippen molar-refractivity contribution < 1.29 is 19.5 Å². The summed E-state index contributed by atoms with van der Waals surface area (Å²) in [7, 11) is 0. The minimum atomic E-state index is -1.45. The number of rotatable bonds is 5. The molecule has 0 fully saturated rings. The van der Waals surface area contributed by atoms with Crippen molar-refractivity contribution in [1.29, 1.82) is 0 Å². The van der Waals surface area contributed by atoms with E-state index in [-0.39, 0.29) is 28.3 Å². The molecule has 0 aliphatic rings. The molecule has 3 aromatic carbocycles. The monoisotopic (exact) mass is 387 g/mol. The van der Waals surface area contributed by atoms with Crippen LogP contribution in [0.4, 0.5) is 11.4 Å². The Balaban J connectivity index is 1.86. The van der Waals surface area contributed by atoms with E-state index in [1.54, 1.807) is 30.3 Å². The van der Waals surface area contributed by atoms with Gasteiger partial charge in [-0.25, -0.2) is 0 Å². The first kappa shape index (κ1) is 19.8. The van der Waals surface area contributed by atoms with E-state index in [9.17, 15) is 19.5 Å². The largest absolute Gasteiger partial charge is 0.545 e. The molecule has 2 N–H and O–H groups in total. The Bertz CT molecular complexity index is 1090.